The number of quaternary nitrogens is 1. The monoisotopic (exact) mass is 790 g/mol. The topological polar surface area (TPSA) is 175 Å². The lowest BCUT2D eigenvalue weighted by Gasteiger charge is -2.34. The fraction of sp³-hybridized carbons (Fsp3) is 1.00. The molecule has 1 atom stereocenters. The Morgan fingerprint density at radius 2 is 0.957 bits per heavy atom. The summed E-state index contributed by atoms with van der Waals surface area (Å²) in [6.45, 7) is 7.37. The number of ether oxygens (including phenoxy) is 1. The molecule has 2 aliphatic rings. The van der Waals surface area contributed by atoms with Gasteiger partial charge in [0.2, 0.25) is 0 Å². The molecule has 1 unspecified atom stereocenters. The van der Waals surface area contributed by atoms with Crippen molar-refractivity contribution in [3.63, 3.8) is 0 Å². The van der Waals surface area contributed by atoms with Crippen LogP contribution < -0.4 is 4.13 Å². The van der Waals surface area contributed by atoms with E-state index in [1.54, 1.807) is 7.11 Å². The normalized spacial score (nSPS) is 19.1. The first-order valence-electron chi connectivity index (χ1n) is 11.8. The van der Waals surface area contributed by atoms with Gasteiger partial charge in [-0.3, -0.25) is 0 Å². The van der Waals surface area contributed by atoms with Gasteiger partial charge < -0.3 is 18.2 Å². The SMILES string of the molecule is CN1CCCC1.COC(C)[N+]1(C)CCCC1.O=S(=O)(NS(=O)(=O)C(F)(F)F)C(F)(F)F.O=S(=O)([N-]S(=O)(=O)C(F)(F)F)C(F)(F)F. The van der Waals surface area contributed by atoms with Crippen molar-refractivity contribution in [2.75, 3.05) is 47.4 Å². The van der Waals surface area contributed by atoms with Crippen LogP contribution >= 0.6 is 0 Å². The number of sulfonamides is 4. The van der Waals surface area contributed by atoms with Crippen LogP contribution in [-0.2, 0) is 44.8 Å². The van der Waals surface area contributed by atoms with E-state index in [4.69, 9.17) is 4.74 Å². The largest absolute Gasteiger partial charge is 0.512 e. The number of hydrogen-bond donors (Lipinski definition) is 1. The highest BCUT2D eigenvalue weighted by molar-refractivity contribution is 8.13. The van der Waals surface area contributed by atoms with E-state index >= 15 is 0 Å². The average Bonchev–Trinajstić information content (AvgIpc) is 3.47. The summed E-state index contributed by atoms with van der Waals surface area (Å²) in [7, 11) is -20.4. The molecule has 0 aromatic rings. The van der Waals surface area contributed by atoms with Crippen LogP contribution in [-0.4, -0.2) is 119 Å². The van der Waals surface area contributed by atoms with Gasteiger partial charge in [0.15, 0.2) is 26.3 Å². The molecule has 1 N–H and O–H groups in total. The van der Waals surface area contributed by atoms with Gasteiger partial charge in [-0.05, 0) is 33.0 Å². The van der Waals surface area contributed by atoms with E-state index in [1.165, 1.54) is 51.9 Å². The summed E-state index contributed by atoms with van der Waals surface area (Å²) >= 11 is 0. The van der Waals surface area contributed by atoms with Gasteiger partial charge in [-0.25, -0.2) is 33.7 Å². The molecule has 0 amide bonds. The van der Waals surface area contributed by atoms with Gasteiger partial charge in [-0.15, -0.1) is 0 Å². The molecule has 0 bridgehead atoms. The van der Waals surface area contributed by atoms with Crippen LogP contribution in [0.5, 0.6) is 0 Å². The van der Waals surface area contributed by atoms with Crippen LogP contribution in [0.4, 0.5) is 52.7 Å². The van der Waals surface area contributed by atoms with Crippen LogP contribution in [0.15, 0.2) is 0 Å². The Bertz CT molecular complexity index is 1210. The molecule has 0 saturated carbocycles. The molecular formula is C17H30F12N4O9S4. The van der Waals surface area contributed by atoms with Gasteiger partial charge in [0.05, 0.1) is 20.1 Å². The third-order valence-electron chi connectivity index (χ3n) is 5.75. The fourth-order valence-corrected chi connectivity index (χ4v) is 6.62. The van der Waals surface area contributed by atoms with Crippen molar-refractivity contribution in [1.29, 1.82) is 0 Å². The predicted molar refractivity (Wildman–Crippen MR) is 135 cm³/mol. The Labute approximate surface area is 257 Å². The number of methoxy groups -OCH3 is 1. The number of likely N-dealkylation sites (tertiary alicyclic amines) is 2. The lowest BCUT2D eigenvalue weighted by molar-refractivity contribution is -0.941. The van der Waals surface area contributed by atoms with E-state index in [1.807, 2.05) is 0 Å². The quantitative estimate of drug-likeness (QED) is 0.311. The van der Waals surface area contributed by atoms with Crippen LogP contribution in [0.25, 0.3) is 4.13 Å². The highest BCUT2D eigenvalue weighted by atomic mass is 32.3. The lowest BCUT2D eigenvalue weighted by Crippen LogP contribution is -2.49. The van der Waals surface area contributed by atoms with Gasteiger partial charge in [-0.1, -0.05) is 4.13 Å². The molecule has 0 aliphatic carbocycles. The molecule has 0 spiro atoms. The molecule has 2 aliphatic heterocycles. The molecule has 2 saturated heterocycles. The Balaban J connectivity index is 0. The first kappa shape index (κ1) is 46.9. The van der Waals surface area contributed by atoms with E-state index < -0.39 is 66.3 Å². The van der Waals surface area contributed by atoms with Crippen molar-refractivity contribution in [3.8, 4) is 0 Å². The smallest absolute Gasteiger partial charge is 0.421 e. The van der Waals surface area contributed by atoms with Crippen molar-refractivity contribution in [3.05, 3.63) is 4.13 Å². The summed E-state index contributed by atoms with van der Waals surface area (Å²) in [5.74, 6) is 0. The van der Waals surface area contributed by atoms with Crippen LogP contribution in [0, 0.1) is 0 Å². The molecule has 0 radical (unpaired) electrons. The zero-order valence-electron chi connectivity index (χ0n) is 23.9. The van der Waals surface area contributed by atoms with Crippen molar-refractivity contribution in [2.45, 2.75) is 60.9 Å². The molecule has 46 heavy (non-hydrogen) atoms. The zero-order chi connectivity index (χ0) is 37.4. The maximum atomic E-state index is 11.5. The minimum absolute atomic E-state index is 0.377. The molecule has 2 fully saturated rings. The minimum atomic E-state index is -6.72. The number of nitrogens with one attached hydrogen (secondary N) is 1. The Morgan fingerprint density at radius 1 is 0.652 bits per heavy atom. The number of hydrogen-bond acceptors (Lipinski definition) is 10. The fourth-order valence-electron chi connectivity index (χ4n) is 3.00. The van der Waals surface area contributed by atoms with E-state index in [2.05, 4.69) is 25.9 Å². The van der Waals surface area contributed by atoms with Gasteiger partial charge in [0, 0.05) is 26.9 Å². The van der Waals surface area contributed by atoms with Gasteiger partial charge in [-0.2, -0.15) is 52.7 Å². The van der Waals surface area contributed by atoms with Gasteiger partial charge in [0.1, 0.15) is 0 Å². The van der Waals surface area contributed by atoms with Crippen LogP contribution in [0.1, 0.15) is 32.6 Å². The summed E-state index contributed by atoms with van der Waals surface area (Å²) < 4.78 is 224. The Morgan fingerprint density at radius 3 is 1.15 bits per heavy atom. The van der Waals surface area contributed by atoms with Crippen molar-refractivity contribution < 1.29 is 95.6 Å². The first-order chi connectivity index (χ1) is 20.0. The highest BCUT2D eigenvalue weighted by Gasteiger charge is 2.55. The van der Waals surface area contributed by atoms with Crippen molar-refractivity contribution >= 4 is 40.1 Å². The number of nitrogens with zero attached hydrogens (tertiary/aromatic N) is 3. The number of rotatable bonds is 6. The summed E-state index contributed by atoms with van der Waals surface area (Å²) in [6, 6.07) is 0. The van der Waals surface area contributed by atoms with Crippen molar-refractivity contribution in [1.82, 2.24) is 9.03 Å². The first-order valence-corrected chi connectivity index (χ1v) is 17.7. The average molecular weight is 791 g/mol. The van der Waals surface area contributed by atoms with Crippen LogP contribution in [0.3, 0.4) is 0 Å². The Kier molecular flexibility index (Phi) is 16.8. The predicted octanol–water partition coefficient (Wildman–Crippen LogP) is 3.27. The zero-order valence-corrected chi connectivity index (χ0v) is 27.2. The second-order valence-corrected chi connectivity index (χ2v) is 16.4. The van der Waals surface area contributed by atoms with E-state index in [0.29, 0.717) is 6.23 Å². The third-order valence-corrected chi connectivity index (χ3v) is 11.5. The molecule has 13 nitrogen and oxygen atoms in total. The number of halogens is 12. The molecule has 29 heteroatoms. The summed E-state index contributed by atoms with van der Waals surface area (Å²) in [6.07, 6.45) is 5.93. The second-order valence-electron chi connectivity index (χ2n) is 9.38. The molecule has 2 rings (SSSR count). The molecule has 0 aromatic carbocycles. The maximum absolute atomic E-state index is 11.5. The van der Waals surface area contributed by atoms with Gasteiger partial charge in [0.25, 0.3) is 0 Å². The maximum Gasteiger partial charge on any atom is 0.512 e. The Hall–Kier alpha value is -1.24. The summed E-state index contributed by atoms with van der Waals surface area (Å²) in [5.41, 5.74) is -24.7. The lowest BCUT2D eigenvalue weighted by atomic mass is 10.4. The van der Waals surface area contributed by atoms with E-state index in [-0.39, 0.29) is 0 Å². The standard InChI is InChI=1S/C8H18NO.C5H11N.C2HF6NO4S2.C2F6NO4S2/c1-8(10-3)9(2)6-4-5-7-9;1-6-4-2-3-5-6;2*3-1(4,5)14(10,11)9-15(12,13)2(6,7)8/h8H,4-7H2,1-3H3;2-5H2,1H3;9H;/q+1;;;-1. The molecule has 0 aromatic heterocycles. The van der Waals surface area contributed by atoms with Crippen molar-refractivity contribution in [2.24, 2.45) is 0 Å². The highest BCUT2D eigenvalue weighted by Crippen LogP contribution is 2.36. The minimum Gasteiger partial charge on any atom is -0.421 e. The van der Waals surface area contributed by atoms with E-state index in [0.717, 1.165) is 8.61 Å². The van der Waals surface area contributed by atoms with Crippen LogP contribution in [0.2, 0.25) is 0 Å². The molecule has 280 valence electrons. The summed E-state index contributed by atoms with van der Waals surface area (Å²) in [4.78, 5) is 2.36. The third kappa shape index (κ3) is 14.9. The van der Waals surface area contributed by atoms with E-state index in [9.17, 15) is 86.4 Å². The summed E-state index contributed by atoms with van der Waals surface area (Å²) in [5, 5.41) is 0. The molecular weight excluding hydrogens is 760 g/mol. The molecule has 2 heterocycles. The second kappa shape index (κ2) is 16.4. The van der Waals surface area contributed by atoms with Gasteiger partial charge >= 0.3 is 42.1 Å². The number of alkyl halides is 12.